The van der Waals surface area contributed by atoms with Crippen molar-refractivity contribution >= 4 is 22.4 Å². The summed E-state index contributed by atoms with van der Waals surface area (Å²) in [6, 6.07) is 26.7. The van der Waals surface area contributed by atoms with E-state index in [1.54, 1.807) is 0 Å². The van der Waals surface area contributed by atoms with Gasteiger partial charge in [-0.1, -0.05) is 80.6 Å². The molecule has 0 aliphatic rings. The molecule has 3 aromatic carbocycles. The second-order valence-electron chi connectivity index (χ2n) is 8.21. The van der Waals surface area contributed by atoms with Crippen LogP contribution in [0.15, 0.2) is 84.2 Å². The van der Waals surface area contributed by atoms with Gasteiger partial charge in [0.25, 0.3) is 0 Å². The molecule has 0 spiro atoms. The van der Waals surface area contributed by atoms with Gasteiger partial charge in [-0.3, -0.25) is 4.79 Å². The molecule has 0 atom stereocenters. The third-order valence-corrected chi connectivity index (χ3v) is 6.16. The molecule has 1 heterocycles. The summed E-state index contributed by atoms with van der Waals surface area (Å²) in [5.41, 5.74) is 5.54. The molecular formula is C28H28N2O2S. The summed E-state index contributed by atoms with van der Waals surface area (Å²) in [4.78, 5) is 16.9. The summed E-state index contributed by atoms with van der Waals surface area (Å²) in [7, 11) is 0. The van der Waals surface area contributed by atoms with Gasteiger partial charge in [0.2, 0.25) is 5.91 Å². The van der Waals surface area contributed by atoms with Crippen LogP contribution in [0.5, 0.6) is 5.75 Å². The van der Waals surface area contributed by atoms with Crippen LogP contribution in [0.2, 0.25) is 0 Å². The van der Waals surface area contributed by atoms with E-state index in [0.717, 1.165) is 17.0 Å². The molecule has 0 unspecified atom stereocenters. The number of ether oxygens (including phenoxy) is 1. The molecule has 0 fully saturated rings. The van der Waals surface area contributed by atoms with E-state index in [4.69, 9.17) is 4.74 Å². The summed E-state index contributed by atoms with van der Waals surface area (Å²) in [6.07, 6.45) is 1.04. The maximum atomic E-state index is 12.3. The number of hydrogen-bond acceptors (Lipinski definition) is 4. The van der Waals surface area contributed by atoms with Crippen LogP contribution in [0.1, 0.15) is 38.2 Å². The molecule has 5 heteroatoms. The number of thiazole rings is 1. The molecule has 0 bridgehead atoms. The molecule has 0 saturated heterocycles. The monoisotopic (exact) mass is 456 g/mol. The van der Waals surface area contributed by atoms with Crippen LogP contribution in [0.3, 0.4) is 0 Å². The Morgan fingerprint density at radius 3 is 2.27 bits per heavy atom. The maximum Gasteiger partial charge on any atom is 0.226 e. The summed E-state index contributed by atoms with van der Waals surface area (Å²) in [5.74, 6) is 1.29. The molecule has 1 amide bonds. The highest BCUT2D eigenvalue weighted by atomic mass is 32.1. The molecule has 33 heavy (non-hydrogen) atoms. The largest absolute Gasteiger partial charge is 0.494 e. The van der Waals surface area contributed by atoms with Crippen molar-refractivity contribution in [3.63, 3.8) is 0 Å². The molecule has 0 radical (unpaired) electrons. The fourth-order valence-electron chi connectivity index (χ4n) is 3.48. The Hall–Kier alpha value is -3.44. The number of rotatable bonds is 9. The van der Waals surface area contributed by atoms with E-state index in [9.17, 15) is 4.79 Å². The van der Waals surface area contributed by atoms with Crippen LogP contribution >= 0.6 is 11.3 Å². The average molecular weight is 457 g/mol. The van der Waals surface area contributed by atoms with Crippen LogP contribution in [0.4, 0.5) is 5.13 Å². The summed E-state index contributed by atoms with van der Waals surface area (Å²) in [5, 5.41) is 5.49. The van der Waals surface area contributed by atoms with E-state index in [2.05, 4.69) is 72.7 Å². The van der Waals surface area contributed by atoms with Crippen molar-refractivity contribution in [2.45, 2.75) is 32.6 Å². The Bertz CT molecular complexity index is 1170. The molecule has 4 aromatic rings. The minimum atomic E-state index is -0.0471. The average Bonchev–Trinajstić information content (AvgIpc) is 3.31. The fraction of sp³-hybridized carbons (Fsp3) is 0.214. The lowest BCUT2D eigenvalue weighted by Gasteiger charge is -2.08. The van der Waals surface area contributed by atoms with Gasteiger partial charge < -0.3 is 10.1 Å². The van der Waals surface area contributed by atoms with Crippen molar-refractivity contribution in [3.8, 4) is 28.1 Å². The zero-order chi connectivity index (χ0) is 23.0. The van der Waals surface area contributed by atoms with Gasteiger partial charge in [-0.15, -0.1) is 11.3 Å². The summed E-state index contributed by atoms with van der Waals surface area (Å²) in [6.45, 7) is 4.84. The first-order chi connectivity index (χ1) is 16.1. The fourth-order valence-corrected chi connectivity index (χ4v) is 4.22. The van der Waals surface area contributed by atoms with Gasteiger partial charge >= 0.3 is 0 Å². The van der Waals surface area contributed by atoms with Gasteiger partial charge in [0.1, 0.15) is 5.75 Å². The number of amides is 1. The van der Waals surface area contributed by atoms with Crippen LogP contribution in [-0.2, 0) is 4.79 Å². The topological polar surface area (TPSA) is 51.2 Å². The Balaban J connectivity index is 1.24. The smallest absolute Gasteiger partial charge is 0.226 e. The van der Waals surface area contributed by atoms with Gasteiger partial charge in [-0.2, -0.15) is 0 Å². The molecular weight excluding hydrogens is 428 g/mol. The number of nitrogens with one attached hydrogen (secondary N) is 1. The van der Waals surface area contributed by atoms with Gasteiger partial charge in [-0.05, 0) is 41.2 Å². The first-order valence-corrected chi connectivity index (χ1v) is 12.1. The Labute approximate surface area is 199 Å². The van der Waals surface area contributed by atoms with Crippen molar-refractivity contribution < 1.29 is 9.53 Å². The molecule has 0 aliphatic carbocycles. The third-order valence-electron chi connectivity index (χ3n) is 5.40. The number of hydrogen-bond donors (Lipinski definition) is 1. The predicted octanol–water partition coefficient (Wildman–Crippen LogP) is 7.40. The second-order valence-corrected chi connectivity index (χ2v) is 9.06. The van der Waals surface area contributed by atoms with Gasteiger partial charge in [0.05, 0.1) is 12.3 Å². The van der Waals surface area contributed by atoms with Crippen molar-refractivity contribution in [1.82, 2.24) is 4.98 Å². The molecule has 0 aliphatic heterocycles. The first-order valence-electron chi connectivity index (χ1n) is 11.2. The Kier molecular flexibility index (Phi) is 7.53. The van der Waals surface area contributed by atoms with Crippen LogP contribution < -0.4 is 10.1 Å². The lowest BCUT2D eigenvalue weighted by atomic mass is 10.0. The molecule has 4 rings (SSSR count). The van der Waals surface area contributed by atoms with Gasteiger partial charge in [0, 0.05) is 17.4 Å². The van der Waals surface area contributed by atoms with Crippen molar-refractivity contribution in [3.05, 3.63) is 89.8 Å². The van der Waals surface area contributed by atoms with Crippen LogP contribution in [0.25, 0.3) is 22.4 Å². The van der Waals surface area contributed by atoms with Gasteiger partial charge in [-0.25, -0.2) is 4.98 Å². The van der Waals surface area contributed by atoms with Crippen molar-refractivity contribution in [1.29, 1.82) is 0 Å². The molecule has 1 aromatic heterocycles. The first kappa shape index (κ1) is 22.7. The van der Waals surface area contributed by atoms with E-state index in [1.807, 2.05) is 35.7 Å². The highest BCUT2D eigenvalue weighted by Crippen LogP contribution is 2.28. The highest BCUT2D eigenvalue weighted by molar-refractivity contribution is 7.14. The lowest BCUT2D eigenvalue weighted by molar-refractivity contribution is -0.116. The standard InChI is InChI=1S/C28H28N2O2S/c1-20(2)21-14-16-25(17-15-21)32-18-6-9-27(31)30-28-29-26(19-33-28)24-12-10-23(11-13-24)22-7-4-3-5-8-22/h3-5,7-8,10-17,19-20H,6,9,18H2,1-2H3,(H,29,30,31). The van der Waals surface area contributed by atoms with E-state index in [-0.39, 0.29) is 5.91 Å². The number of carbonyl (C=O) groups excluding carboxylic acids is 1. The number of aromatic nitrogens is 1. The van der Waals surface area contributed by atoms with Gasteiger partial charge in [0.15, 0.2) is 5.13 Å². The zero-order valence-corrected chi connectivity index (χ0v) is 19.8. The Morgan fingerprint density at radius 1 is 0.909 bits per heavy atom. The van der Waals surface area contributed by atoms with E-state index >= 15 is 0 Å². The Morgan fingerprint density at radius 2 is 1.58 bits per heavy atom. The highest BCUT2D eigenvalue weighted by Gasteiger charge is 2.09. The molecule has 0 saturated carbocycles. The predicted molar refractivity (Wildman–Crippen MR) is 137 cm³/mol. The maximum absolute atomic E-state index is 12.3. The number of anilines is 1. The summed E-state index contributed by atoms with van der Waals surface area (Å²) < 4.78 is 5.75. The molecule has 168 valence electrons. The van der Waals surface area contributed by atoms with Crippen LogP contribution in [0, 0.1) is 0 Å². The van der Waals surface area contributed by atoms with E-state index in [1.165, 1.54) is 28.0 Å². The third kappa shape index (κ3) is 6.30. The summed E-state index contributed by atoms with van der Waals surface area (Å²) >= 11 is 1.44. The van der Waals surface area contributed by atoms with Crippen molar-refractivity contribution in [2.75, 3.05) is 11.9 Å². The lowest BCUT2D eigenvalue weighted by Crippen LogP contribution is -2.12. The van der Waals surface area contributed by atoms with Crippen molar-refractivity contribution in [2.24, 2.45) is 0 Å². The number of carbonyl (C=O) groups is 1. The molecule has 1 N–H and O–H groups in total. The zero-order valence-electron chi connectivity index (χ0n) is 19.0. The minimum absolute atomic E-state index is 0.0471. The minimum Gasteiger partial charge on any atom is -0.494 e. The normalized spacial score (nSPS) is 10.9. The van der Waals surface area contributed by atoms with Crippen LogP contribution in [-0.4, -0.2) is 17.5 Å². The SMILES string of the molecule is CC(C)c1ccc(OCCCC(=O)Nc2nc(-c3ccc(-c4ccccc4)cc3)cs2)cc1. The van der Waals surface area contributed by atoms with E-state index < -0.39 is 0 Å². The number of nitrogens with zero attached hydrogens (tertiary/aromatic N) is 1. The quantitative estimate of drug-likeness (QED) is 0.267. The second kappa shape index (κ2) is 10.9. The number of benzene rings is 3. The van der Waals surface area contributed by atoms with E-state index in [0.29, 0.717) is 30.5 Å². The molecule has 4 nitrogen and oxygen atoms in total.